The van der Waals surface area contributed by atoms with Crippen molar-refractivity contribution in [1.29, 1.82) is 0 Å². The van der Waals surface area contributed by atoms with E-state index in [9.17, 15) is 0 Å². The van der Waals surface area contributed by atoms with E-state index in [4.69, 9.17) is 21.7 Å². The van der Waals surface area contributed by atoms with Crippen LogP contribution in [0.5, 0.6) is 5.75 Å². The first-order valence-electron chi connectivity index (χ1n) is 7.10. The van der Waals surface area contributed by atoms with E-state index in [0.717, 1.165) is 47.6 Å². The molecule has 3 rings (SSSR count). The van der Waals surface area contributed by atoms with Crippen molar-refractivity contribution in [2.75, 3.05) is 19.8 Å². The second kappa shape index (κ2) is 5.22. The van der Waals surface area contributed by atoms with E-state index >= 15 is 0 Å². The van der Waals surface area contributed by atoms with Gasteiger partial charge < -0.3 is 19.0 Å². The van der Waals surface area contributed by atoms with Crippen LogP contribution in [-0.2, 0) is 10.3 Å². The molecule has 1 aromatic heterocycles. The standard InChI is InChI=1S/C15H20N2O2S/c1-3-19-12-6-4-5-11-13(12)16-14(20)17(11)15(2)7-9-18-10-8-15/h4-6H,3,7-10H2,1-2H3,(H,16,20). The lowest BCUT2D eigenvalue weighted by atomic mass is 9.92. The van der Waals surface area contributed by atoms with E-state index in [2.05, 4.69) is 22.5 Å². The van der Waals surface area contributed by atoms with E-state index in [1.54, 1.807) is 0 Å². The SMILES string of the molecule is CCOc1cccc2c1[nH]c(=S)n2C1(C)CCOCC1. The Kier molecular flexibility index (Phi) is 3.56. The number of imidazole rings is 1. The fourth-order valence-electron chi connectivity index (χ4n) is 2.95. The molecule has 20 heavy (non-hydrogen) atoms. The van der Waals surface area contributed by atoms with Crippen LogP contribution >= 0.6 is 12.2 Å². The van der Waals surface area contributed by atoms with Crippen LogP contribution in [0.25, 0.3) is 11.0 Å². The van der Waals surface area contributed by atoms with Crippen LogP contribution in [0, 0.1) is 4.77 Å². The van der Waals surface area contributed by atoms with Crippen molar-refractivity contribution in [1.82, 2.24) is 9.55 Å². The number of H-pyrrole nitrogens is 1. The van der Waals surface area contributed by atoms with Gasteiger partial charge in [-0.3, -0.25) is 0 Å². The zero-order valence-electron chi connectivity index (χ0n) is 11.9. The average molecular weight is 292 g/mol. The molecule has 4 nitrogen and oxygen atoms in total. The van der Waals surface area contributed by atoms with Gasteiger partial charge >= 0.3 is 0 Å². The number of hydrogen-bond donors (Lipinski definition) is 1. The molecule has 1 aromatic carbocycles. The first kappa shape index (κ1) is 13.6. The monoisotopic (exact) mass is 292 g/mol. The number of rotatable bonds is 3. The molecular formula is C15H20N2O2S. The topological polar surface area (TPSA) is 39.2 Å². The fourth-order valence-corrected chi connectivity index (χ4v) is 3.37. The smallest absolute Gasteiger partial charge is 0.178 e. The number of aromatic amines is 1. The molecule has 0 amide bonds. The van der Waals surface area contributed by atoms with E-state index in [1.165, 1.54) is 0 Å². The lowest BCUT2D eigenvalue weighted by molar-refractivity contribution is 0.0306. The maximum absolute atomic E-state index is 5.69. The zero-order valence-corrected chi connectivity index (χ0v) is 12.8. The van der Waals surface area contributed by atoms with Crippen molar-refractivity contribution in [3.63, 3.8) is 0 Å². The molecule has 0 bridgehead atoms. The third kappa shape index (κ3) is 2.15. The second-order valence-electron chi connectivity index (χ2n) is 5.46. The van der Waals surface area contributed by atoms with E-state index in [1.807, 2.05) is 19.1 Å². The Labute approximate surface area is 123 Å². The molecule has 0 saturated carbocycles. The van der Waals surface area contributed by atoms with Gasteiger partial charge in [-0.25, -0.2) is 0 Å². The van der Waals surface area contributed by atoms with Crippen molar-refractivity contribution < 1.29 is 9.47 Å². The lowest BCUT2D eigenvalue weighted by Gasteiger charge is -2.35. The summed E-state index contributed by atoms with van der Waals surface area (Å²) in [5.41, 5.74) is 2.12. The van der Waals surface area contributed by atoms with Crippen LogP contribution in [0.2, 0.25) is 0 Å². The highest BCUT2D eigenvalue weighted by molar-refractivity contribution is 7.71. The molecule has 1 saturated heterocycles. The van der Waals surface area contributed by atoms with Gasteiger partial charge in [0, 0.05) is 18.8 Å². The Hall–Kier alpha value is -1.33. The number of benzene rings is 1. The number of hydrogen-bond acceptors (Lipinski definition) is 3. The van der Waals surface area contributed by atoms with Crippen molar-refractivity contribution in [2.24, 2.45) is 0 Å². The second-order valence-corrected chi connectivity index (χ2v) is 5.84. The summed E-state index contributed by atoms with van der Waals surface area (Å²) in [6, 6.07) is 6.10. The first-order chi connectivity index (χ1) is 9.65. The Balaban J connectivity index is 2.18. The molecule has 0 unspecified atom stereocenters. The number of nitrogens with zero attached hydrogens (tertiary/aromatic N) is 1. The Morgan fingerprint density at radius 3 is 2.85 bits per heavy atom. The van der Waals surface area contributed by atoms with Crippen LogP contribution in [0.1, 0.15) is 26.7 Å². The molecule has 0 spiro atoms. The van der Waals surface area contributed by atoms with Crippen molar-refractivity contribution in [3.8, 4) is 5.75 Å². The quantitative estimate of drug-likeness (QED) is 0.878. The minimum atomic E-state index is 0.0123. The van der Waals surface area contributed by atoms with Crippen LogP contribution in [0.4, 0.5) is 0 Å². The molecule has 1 fully saturated rings. The molecule has 1 N–H and O–H groups in total. The molecule has 5 heteroatoms. The molecule has 1 aliphatic heterocycles. The van der Waals surface area contributed by atoms with Crippen LogP contribution in [-0.4, -0.2) is 29.4 Å². The van der Waals surface area contributed by atoms with Gasteiger partial charge in [0.15, 0.2) is 4.77 Å². The summed E-state index contributed by atoms with van der Waals surface area (Å²) >= 11 is 5.56. The van der Waals surface area contributed by atoms with Gasteiger partial charge in [0.25, 0.3) is 0 Å². The normalized spacial score (nSPS) is 18.3. The Morgan fingerprint density at radius 2 is 2.15 bits per heavy atom. The largest absolute Gasteiger partial charge is 0.492 e. The van der Waals surface area contributed by atoms with E-state index in [0.29, 0.717) is 6.61 Å². The fraction of sp³-hybridized carbons (Fsp3) is 0.533. The van der Waals surface area contributed by atoms with Gasteiger partial charge in [-0.2, -0.15) is 0 Å². The summed E-state index contributed by atoms with van der Waals surface area (Å²) < 4.78 is 14.2. The number of fused-ring (bicyclic) bond motifs is 1. The van der Waals surface area contributed by atoms with Crippen LogP contribution < -0.4 is 4.74 Å². The number of para-hydroxylation sites is 1. The maximum atomic E-state index is 5.69. The lowest BCUT2D eigenvalue weighted by Crippen LogP contribution is -2.36. The summed E-state index contributed by atoms with van der Waals surface area (Å²) in [5.74, 6) is 0.866. The highest BCUT2D eigenvalue weighted by Crippen LogP contribution is 2.34. The molecule has 2 heterocycles. The van der Waals surface area contributed by atoms with Gasteiger partial charge in [-0.15, -0.1) is 0 Å². The zero-order chi connectivity index (χ0) is 14.2. The van der Waals surface area contributed by atoms with Crippen molar-refractivity contribution in [3.05, 3.63) is 23.0 Å². The predicted octanol–water partition coefficient (Wildman–Crippen LogP) is 3.62. The van der Waals surface area contributed by atoms with Gasteiger partial charge in [0.05, 0.1) is 12.1 Å². The summed E-state index contributed by atoms with van der Waals surface area (Å²) in [6.07, 6.45) is 1.96. The minimum absolute atomic E-state index is 0.0123. The minimum Gasteiger partial charge on any atom is -0.492 e. The molecular weight excluding hydrogens is 272 g/mol. The van der Waals surface area contributed by atoms with Crippen molar-refractivity contribution >= 4 is 23.3 Å². The molecule has 0 radical (unpaired) electrons. The molecule has 0 aliphatic carbocycles. The average Bonchev–Trinajstić information content (AvgIpc) is 2.78. The Bertz CT molecular complexity index is 668. The summed E-state index contributed by atoms with van der Waals surface area (Å²) in [5, 5.41) is 0. The highest BCUT2D eigenvalue weighted by atomic mass is 32.1. The summed E-state index contributed by atoms with van der Waals surface area (Å²) in [6.45, 7) is 6.47. The van der Waals surface area contributed by atoms with Gasteiger partial charge in [0.1, 0.15) is 11.3 Å². The number of aromatic nitrogens is 2. The maximum Gasteiger partial charge on any atom is 0.178 e. The van der Waals surface area contributed by atoms with E-state index < -0.39 is 0 Å². The molecule has 1 aliphatic rings. The van der Waals surface area contributed by atoms with Crippen molar-refractivity contribution in [2.45, 2.75) is 32.2 Å². The van der Waals surface area contributed by atoms with Gasteiger partial charge in [-0.05, 0) is 51.0 Å². The summed E-state index contributed by atoms with van der Waals surface area (Å²) in [4.78, 5) is 3.31. The van der Waals surface area contributed by atoms with Crippen LogP contribution in [0.3, 0.4) is 0 Å². The number of ether oxygens (including phenoxy) is 2. The Morgan fingerprint density at radius 1 is 1.40 bits per heavy atom. The molecule has 108 valence electrons. The van der Waals surface area contributed by atoms with Gasteiger partial charge in [0.2, 0.25) is 0 Å². The van der Waals surface area contributed by atoms with Crippen LogP contribution in [0.15, 0.2) is 18.2 Å². The number of nitrogens with one attached hydrogen (secondary N) is 1. The molecule has 2 aromatic rings. The van der Waals surface area contributed by atoms with Gasteiger partial charge in [-0.1, -0.05) is 6.07 Å². The third-order valence-corrected chi connectivity index (χ3v) is 4.37. The predicted molar refractivity (Wildman–Crippen MR) is 82.0 cm³/mol. The summed E-state index contributed by atoms with van der Waals surface area (Å²) in [7, 11) is 0. The van der Waals surface area contributed by atoms with E-state index in [-0.39, 0.29) is 5.54 Å². The molecule has 0 atom stereocenters. The first-order valence-corrected chi connectivity index (χ1v) is 7.51. The highest BCUT2D eigenvalue weighted by Gasteiger charge is 2.31. The third-order valence-electron chi connectivity index (χ3n) is 4.09.